The number of benzene rings is 1. The predicted octanol–water partition coefficient (Wildman–Crippen LogP) is 0.389. The first-order valence-corrected chi connectivity index (χ1v) is 3.10. The summed E-state index contributed by atoms with van der Waals surface area (Å²) in [5.41, 5.74) is 0.240. The molecule has 4 nitrogen and oxygen atoms in total. The van der Waals surface area contributed by atoms with E-state index in [0.717, 1.165) is 0 Å². The van der Waals surface area contributed by atoms with Crippen molar-refractivity contribution in [3.05, 3.63) is 23.8 Å². The van der Waals surface area contributed by atoms with E-state index in [9.17, 15) is 9.90 Å². The quantitative estimate of drug-likeness (QED) is 0.652. The average Bonchev–Trinajstić information content (AvgIpc) is 2.05. The Morgan fingerprint density at radius 1 is 1.50 bits per heavy atom. The maximum Gasteiger partial charge on any atom is 0.168 e. The molecule has 0 heterocycles. The fourth-order valence-corrected chi connectivity index (χ4v) is 0.799. The third kappa shape index (κ3) is 1.73. The molecule has 1 aromatic carbocycles. The van der Waals surface area contributed by atoms with Crippen LogP contribution in [0.3, 0.4) is 0 Å². The van der Waals surface area contributed by atoms with Gasteiger partial charge in [0, 0.05) is 0 Å². The van der Waals surface area contributed by atoms with Gasteiger partial charge in [0.2, 0.25) is 0 Å². The van der Waals surface area contributed by atoms with E-state index in [1.165, 1.54) is 13.2 Å². The first-order chi connectivity index (χ1) is 5.29. The summed E-state index contributed by atoms with van der Waals surface area (Å²) in [6.45, 7) is 0. The van der Waals surface area contributed by atoms with Crippen molar-refractivity contribution in [3.63, 3.8) is 0 Å². The number of hydrogen-bond donors (Lipinski definition) is 1. The summed E-state index contributed by atoms with van der Waals surface area (Å²) in [6, 6.07) is 4.75. The van der Waals surface area contributed by atoms with Crippen molar-refractivity contribution in [3.8, 4) is 11.5 Å². The molecule has 66 valence electrons. The first kappa shape index (κ1) is 10.4. The van der Waals surface area contributed by atoms with Crippen LogP contribution in [0.1, 0.15) is 10.4 Å². The Kier molecular flexibility index (Phi) is 3.79. The normalized spacial score (nSPS) is 8.42. The summed E-state index contributed by atoms with van der Waals surface area (Å²) in [5, 5.41) is 9.23. The molecule has 0 aliphatic carbocycles. The van der Waals surface area contributed by atoms with Gasteiger partial charge >= 0.3 is 0 Å². The van der Waals surface area contributed by atoms with E-state index in [0.29, 0.717) is 12.0 Å². The van der Waals surface area contributed by atoms with Gasteiger partial charge in [-0.25, -0.2) is 0 Å². The second kappa shape index (κ2) is 4.35. The van der Waals surface area contributed by atoms with Gasteiger partial charge in [0.25, 0.3) is 0 Å². The molecule has 0 atom stereocenters. The van der Waals surface area contributed by atoms with Crippen LogP contribution in [0.5, 0.6) is 11.5 Å². The molecule has 0 aromatic heterocycles. The molecular weight excluding hydrogens is 160 g/mol. The van der Waals surface area contributed by atoms with Gasteiger partial charge in [0.15, 0.2) is 17.8 Å². The average molecular weight is 170 g/mol. The molecule has 0 saturated heterocycles. The van der Waals surface area contributed by atoms with E-state index < -0.39 is 0 Å². The molecule has 4 heteroatoms. The van der Waals surface area contributed by atoms with Crippen LogP contribution in [0, 0.1) is 0 Å². The summed E-state index contributed by atoms with van der Waals surface area (Å²) >= 11 is 0. The molecular formula is C8H10O4. The molecule has 0 spiro atoms. The van der Waals surface area contributed by atoms with Gasteiger partial charge in [-0.05, 0) is 12.1 Å². The number of methoxy groups -OCH3 is 1. The van der Waals surface area contributed by atoms with E-state index >= 15 is 0 Å². The Morgan fingerprint density at radius 2 is 2.17 bits per heavy atom. The standard InChI is InChI=1S/C8H8O3.H2O/c1-11-7-4-2-3-6(5-9)8(7)10;/h2-5,10H,1H3;1H2. The molecule has 0 aliphatic rings. The Labute approximate surface area is 69.7 Å². The fraction of sp³-hybridized carbons (Fsp3) is 0.125. The second-order valence-electron chi connectivity index (χ2n) is 2.02. The summed E-state index contributed by atoms with van der Waals surface area (Å²) < 4.78 is 4.78. The first-order valence-electron chi connectivity index (χ1n) is 3.10. The van der Waals surface area contributed by atoms with E-state index in [1.54, 1.807) is 12.1 Å². The van der Waals surface area contributed by atoms with Crippen molar-refractivity contribution in [1.29, 1.82) is 0 Å². The Balaban J connectivity index is 0.00000121. The highest BCUT2D eigenvalue weighted by Crippen LogP contribution is 2.27. The van der Waals surface area contributed by atoms with Crippen molar-refractivity contribution in [2.45, 2.75) is 0 Å². The minimum absolute atomic E-state index is 0. The molecule has 3 N–H and O–H groups in total. The van der Waals surface area contributed by atoms with E-state index in [-0.39, 0.29) is 16.8 Å². The number of hydrogen-bond acceptors (Lipinski definition) is 3. The van der Waals surface area contributed by atoms with Gasteiger partial charge in [-0.3, -0.25) is 4.79 Å². The Morgan fingerprint density at radius 3 is 2.67 bits per heavy atom. The minimum atomic E-state index is -0.106. The van der Waals surface area contributed by atoms with Crippen LogP contribution in [-0.4, -0.2) is 24.0 Å². The lowest BCUT2D eigenvalue weighted by atomic mass is 10.2. The maximum atomic E-state index is 10.3. The van der Waals surface area contributed by atoms with Crippen molar-refractivity contribution < 1.29 is 20.1 Å². The molecule has 0 radical (unpaired) electrons. The summed E-state index contributed by atoms with van der Waals surface area (Å²) in [7, 11) is 1.43. The van der Waals surface area contributed by atoms with Crippen LogP contribution in [-0.2, 0) is 0 Å². The summed E-state index contributed by atoms with van der Waals surface area (Å²) in [4.78, 5) is 10.3. The lowest BCUT2D eigenvalue weighted by Gasteiger charge is -2.02. The molecule has 0 unspecified atom stereocenters. The lowest BCUT2D eigenvalue weighted by Crippen LogP contribution is -1.86. The second-order valence-corrected chi connectivity index (χ2v) is 2.02. The van der Waals surface area contributed by atoms with Gasteiger partial charge in [0.1, 0.15) is 0 Å². The number of para-hydroxylation sites is 1. The smallest absolute Gasteiger partial charge is 0.168 e. The molecule has 1 rings (SSSR count). The lowest BCUT2D eigenvalue weighted by molar-refractivity contribution is 0.112. The maximum absolute atomic E-state index is 10.3. The largest absolute Gasteiger partial charge is 0.504 e. The van der Waals surface area contributed by atoms with Gasteiger partial charge in [0.05, 0.1) is 12.7 Å². The zero-order chi connectivity index (χ0) is 8.27. The minimum Gasteiger partial charge on any atom is -0.504 e. The summed E-state index contributed by atoms with van der Waals surface area (Å²) in [5.74, 6) is 0.208. The third-order valence-electron chi connectivity index (χ3n) is 1.38. The van der Waals surface area contributed by atoms with E-state index in [4.69, 9.17) is 4.74 Å². The topological polar surface area (TPSA) is 78.0 Å². The molecule has 0 aliphatic heterocycles. The SMILES string of the molecule is COc1cccc(C=O)c1O.O. The predicted molar refractivity (Wildman–Crippen MR) is 43.7 cm³/mol. The van der Waals surface area contributed by atoms with Crippen LogP contribution in [0.15, 0.2) is 18.2 Å². The van der Waals surface area contributed by atoms with Crippen LogP contribution < -0.4 is 4.74 Å². The molecule has 0 bridgehead atoms. The highest BCUT2D eigenvalue weighted by atomic mass is 16.5. The van der Waals surface area contributed by atoms with Gasteiger partial charge in [-0.1, -0.05) is 6.07 Å². The molecule has 1 aromatic rings. The summed E-state index contributed by atoms with van der Waals surface area (Å²) in [6.07, 6.45) is 0.581. The Bertz CT molecular complexity index is 270. The highest BCUT2D eigenvalue weighted by molar-refractivity contribution is 5.80. The Hall–Kier alpha value is -1.55. The van der Waals surface area contributed by atoms with Crippen molar-refractivity contribution in [1.82, 2.24) is 0 Å². The van der Waals surface area contributed by atoms with Crippen LogP contribution in [0.4, 0.5) is 0 Å². The van der Waals surface area contributed by atoms with Crippen LogP contribution >= 0.6 is 0 Å². The molecule has 0 saturated carbocycles. The number of rotatable bonds is 2. The van der Waals surface area contributed by atoms with E-state index in [2.05, 4.69) is 0 Å². The number of phenolic OH excluding ortho intramolecular Hbond substituents is 1. The van der Waals surface area contributed by atoms with Crippen LogP contribution in [0.2, 0.25) is 0 Å². The van der Waals surface area contributed by atoms with Crippen molar-refractivity contribution in [2.75, 3.05) is 7.11 Å². The molecule has 12 heavy (non-hydrogen) atoms. The number of carbonyl (C=O) groups is 1. The molecule has 0 amide bonds. The van der Waals surface area contributed by atoms with E-state index in [1.807, 2.05) is 0 Å². The monoisotopic (exact) mass is 170 g/mol. The fourth-order valence-electron chi connectivity index (χ4n) is 0.799. The number of phenols is 1. The third-order valence-corrected chi connectivity index (χ3v) is 1.38. The van der Waals surface area contributed by atoms with Crippen molar-refractivity contribution >= 4 is 6.29 Å². The number of aromatic hydroxyl groups is 1. The zero-order valence-electron chi connectivity index (χ0n) is 6.57. The molecule has 0 fully saturated rings. The highest BCUT2D eigenvalue weighted by Gasteiger charge is 2.04. The van der Waals surface area contributed by atoms with Crippen LogP contribution in [0.25, 0.3) is 0 Å². The van der Waals surface area contributed by atoms with Crippen molar-refractivity contribution in [2.24, 2.45) is 0 Å². The number of ether oxygens (including phenoxy) is 1. The van der Waals surface area contributed by atoms with Gasteiger partial charge in [-0.15, -0.1) is 0 Å². The number of carbonyl (C=O) groups excluding carboxylic acids is 1. The van der Waals surface area contributed by atoms with Gasteiger partial charge in [-0.2, -0.15) is 0 Å². The zero-order valence-corrected chi connectivity index (χ0v) is 6.57. The number of aldehydes is 1. The van der Waals surface area contributed by atoms with Gasteiger partial charge < -0.3 is 15.3 Å².